The summed E-state index contributed by atoms with van der Waals surface area (Å²) in [5.41, 5.74) is 1.05. The zero-order chi connectivity index (χ0) is 28.1. The van der Waals surface area contributed by atoms with Gasteiger partial charge in [-0.15, -0.1) is 0 Å². The van der Waals surface area contributed by atoms with Crippen LogP contribution in [0.1, 0.15) is 62.3 Å². The maximum atomic E-state index is 14.2. The SMILES string of the molecule is Cc1c(/N=C(\CCc2ccc(F)cc2)c2ccc(F)nc2OCC2CC2)n(C(C)C)c(=O)n(CCCO)c1=O. The molecule has 10 heteroatoms. The van der Waals surface area contributed by atoms with Crippen molar-refractivity contribution in [3.8, 4) is 5.88 Å². The number of pyridine rings is 1. The van der Waals surface area contributed by atoms with Crippen LogP contribution in [0.5, 0.6) is 5.88 Å². The van der Waals surface area contributed by atoms with E-state index in [1.807, 2.05) is 13.8 Å². The summed E-state index contributed by atoms with van der Waals surface area (Å²) in [4.78, 5) is 35.4. The number of halogens is 2. The molecule has 0 bridgehead atoms. The van der Waals surface area contributed by atoms with Gasteiger partial charge in [-0.25, -0.2) is 14.2 Å². The zero-order valence-corrected chi connectivity index (χ0v) is 22.5. The van der Waals surface area contributed by atoms with Gasteiger partial charge in [0, 0.05) is 19.2 Å². The first kappa shape index (κ1) is 28.4. The second-order valence-electron chi connectivity index (χ2n) is 10.2. The molecule has 1 fully saturated rings. The highest BCUT2D eigenvalue weighted by atomic mass is 19.1. The fraction of sp³-hybridized carbons (Fsp3) is 0.448. The summed E-state index contributed by atoms with van der Waals surface area (Å²) in [6.45, 7) is 5.60. The predicted molar refractivity (Wildman–Crippen MR) is 145 cm³/mol. The Kier molecular flexibility index (Phi) is 9.06. The first-order chi connectivity index (χ1) is 18.7. The smallest absolute Gasteiger partial charge is 0.332 e. The Morgan fingerprint density at radius 3 is 2.51 bits per heavy atom. The molecule has 2 aromatic heterocycles. The maximum Gasteiger partial charge on any atom is 0.332 e. The monoisotopic (exact) mass is 540 g/mol. The molecule has 8 nitrogen and oxygen atoms in total. The Balaban J connectivity index is 1.86. The average Bonchev–Trinajstić information content (AvgIpc) is 3.74. The van der Waals surface area contributed by atoms with Crippen LogP contribution in [0.4, 0.5) is 14.6 Å². The Bertz CT molecular complexity index is 1460. The molecular formula is C29H34F2N4O4. The fourth-order valence-corrected chi connectivity index (χ4v) is 4.34. The standard InChI is InChI=1S/C29H34F2N4O4/c1-18(2)35-26(19(3)28(37)34(29(35)38)15-4-16-36)32-24(13-9-20-7-10-22(30)11-8-20)23-12-14-25(31)33-27(23)39-17-21-5-6-21/h7-8,10-12,14,18,21,36H,4-6,9,13,15-17H2,1-3H3/b32-24+. The molecule has 39 heavy (non-hydrogen) atoms. The normalized spacial score (nSPS) is 13.8. The molecule has 1 aliphatic rings. The van der Waals surface area contributed by atoms with Crippen LogP contribution in [-0.2, 0) is 13.0 Å². The van der Waals surface area contributed by atoms with Gasteiger partial charge in [-0.2, -0.15) is 9.37 Å². The molecule has 208 valence electrons. The number of aliphatic imine (C=N–C) groups is 1. The second kappa shape index (κ2) is 12.5. The number of nitrogens with zero attached hydrogens (tertiary/aromatic N) is 4. The van der Waals surface area contributed by atoms with Crippen molar-refractivity contribution >= 4 is 11.5 Å². The first-order valence-electron chi connectivity index (χ1n) is 13.3. The number of hydrogen-bond donors (Lipinski definition) is 1. The minimum Gasteiger partial charge on any atom is -0.477 e. The van der Waals surface area contributed by atoms with Crippen LogP contribution in [0.2, 0.25) is 0 Å². The lowest BCUT2D eigenvalue weighted by Crippen LogP contribution is -2.42. The van der Waals surface area contributed by atoms with Crippen molar-refractivity contribution in [3.05, 3.63) is 85.7 Å². The minimum atomic E-state index is -0.691. The summed E-state index contributed by atoms with van der Waals surface area (Å²) in [7, 11) is 0. The van der Waals surface area contributed by atoms with Crippen molar-refractivity contribution in [3.63, 3.8) is 0 Å². The molecule has 0 unspecified atom stereocenters. The summed E-state index contributed by atoms with van der Waals surface area (Å²) < 4.78 is 36.1. The van der Waals surface area contributed by atoms with Gasteiger partial charge in [0.15, 0.2) is 0 Å². The summed E-state index contributed by atoms with van der Waals surface area (Å²) in [5, 5.41) is 9.24. The third kappa shape index (κ3) is 6.86. The van der Waals surface area contributed by atoms with Gasteiger partial charge in [0.2, 0.25) is 11.8 Å². The maximum absolute atomic E-state index is 14.2. The molecule has 0 atom stereocenters. The molecule has 0 aliphatic heterocycles. The molecule has 0 spiro atoms. The molecule has 4 rings (SSSR count). The molecule has 0 radical (unpaired) electrons. The third-order valence-electron chi connectivity index (χ3n) is 6.72. The number of aliphatic hydroxyl groups is 1. The summed E-state index contributed by atoms with van der Waals surface area (Å²) in [6, 6.07) is 8.55. The Hall–Kier alpha value is -3.66. The number of aromatic nitrogens is 3. The van der Waals surface area contributed by atoms with Gasteiger partial charge in [0.25, 0.3) is 5.56 Å². The molecule has 1 N–H and O–H groups in total. The number of hydrogen-bond acceptors (Lipinski definition) is 6. The molecule has 0 saturated heterocycles. The summed E-state index contributed by atoms with van der Waals surface area (Å²) in [5.74, 6) is -0.324. The highest BCUT2D eigenvalue weighted by Crippen LogP contribution is 2.31. The largest absolute Gasteiger partial charge is 0.477 e. The second-order valence-corrected chi connectivity index (χ2v) is 10.2. The highest BCUT2D eigenvalue weighted by Gasteiger charge is 2.24. The van der Waals surface area contributed by atoms with E-state index >= 15 is 0 Å². The van der Waals surface area contributed by atoms with Crippen molar-refractivity contribution in [1.82, 2.24) is 14.1 Å². The molecule has 1 aliphatic carbocycles. The third-order valence-corrected chi connectivity index (χ3v) is 6.72. The van der Waals surface area contributed by atoms with Gasteiger partial charge >= 0.3 is 5.69 Å². The number of benzene rings is 1. The lowest BCUT2D eigenvalue weighted by Gasteiger charge is -2.20. The molecule has 2 heterocycles. The van der Waals surface area contributed by atoms with E-state index in [-0.39, 0.29) is 48.7 Å². The molecule has 1 saturated carbocycles. The molecule has 3 aromatic rings. The fourth-order valence-electron chi connectivity index (χ4n) is 4.34. The molecule has 1 aromatic carbocycles. The van der Waals surface area contributed by atoms with Crippen molar-refractivity contribution < 1.29 is 18.6 Å². The van der Waals surface area contributed by atoms with Crippen LogP contribution in [-0.4, -0.2) is 38.2 Å². The summed E-state index contributed by atoms with van der Waals surface area (Å²) in [6.07, 6.45) is 3.15. The van der Waals surface area contributed by atoms with E-state index in [1.165, 1.54) is 22.8 Å². The predicted octanol–water partition coefficient (Wildman–Crippen LogP) is 4.50. The molecule has 0 amide bonds. The van der Waals surface area contributed by atoms with Crippen LogP contribution in [0.3, 0.4) is 0 Å². The first-order valence-corrected chi connectivity index (χ1v) is 13.3. The number of ether oxygens (including phenoxy) is 1. The Morgan fingerprint density at radius 2 is 1.87 bits per heavy atom. The van der Waals surface area contributed by atoms with Crippen LogP contribution in [0.15, 0.2) is 51.0 Å². The van der Waals surface area contributed by atoms with Gasteiger partial charge in [0.05, 0.1) is 23.4 Å². The van der Waals surface area contributed by atoms with Crippen LogP contribution in [0, 0.1) is 24.6 Å². The Morgan fingerprint density at radius 1 is 1.15 bits per heavy atom. The quantitative estimate of drug-likeness (QED) is 0.270. The van der Waals surface area contributed by atoms with Gasteiger partial charge in [-0.05, 0) is 88.6 Å². The van der Waals surface area contributed by atoms with E-state index in [4.69, 9.17) is 9.73 Å². The van der Waals surface area contributed by atoms with Gasteiger partial charge in [-0.3, -0.25) is 13.9 Å². The van der Waals surface area contributed by atoms with E-state index in [0.717, 1.165) is 23.0 Å². The molecular weight excluding hydrogens is 506 g/mol. The van der Waals surface area contributed by atoms with Crippen molar-refractivity contribution in [2.45, 2.75) is 65.5 Å². The van der Waals surface area contributed by atoms with E-state index in [9.17, 15) is 23.5 Å². The Labute approximate surface area is 225 Å². The van der Waals surface area contributed by atoms with Crippen molar-refractivity contribution in [2.75, 3.05) is 13.2 Å². The lowest BCUT2D eigenvalue weighted by atomic mass is 10.0. The highest BCUT2D eigenvalue weighted by molar-refractivity contribution is 6.03. The minimum absolute atomic E-state index is 0.0875. The number of rotatable bonds is 12. The topological polar surface area (TPSA) is 98.7 Å². The number of aliphatic hydroxyl groups excluding tert-OH is 1. The van der Waals surface area contributed by atoms with Gasteiger partial charge in [-0.1, -0.05) is 12.1 Å². The van der Waals surface area contributed by atoms with Crippen LogP contribution < -0.4 is 16.0 Å². The van der Waals surface area contributed by atoms with Gasteiger partial charge < -0.3 is 9.84 Å². The zero-order valence-electron chi connectivity index (χ0n) is 22.5. The average molecular weight is 541 g/mol. The number of aryl methyl sites for hydroxylation is 1. The van der Waals surface area contributed by atoms with Crippen molar-refractivity contribution in [1.29, 1.82) is 0 Å². The summed E-state index contributed by atoms with van der Waals surface area (Å²) >= 11 is 0. The van der Waals surface area contributed by atoms with E-state index < -0.39 is 17.2 Å². The van der Waals surface area contributed by atoms with E-state index in [1.54, 1.807) is 25.1 Å². The van der Waals surface area contributed by atoms with Crippen molar-refractivity contribution in [2.24, 2.45) is 10.9 Å². The lowest BCUT2D eigenvalue weighted by molar-refractivity contribution is 0.277. The van der Waals surface area contributed by atoms with Gasteiger partial charge in [0.1, 0.15) is 11.6 Å². The van der Waals surface area contributed by atoms with Crippen LogP contribution >= 0.6 is 0 Å². The van der Waals surface area contributed by atoms with E-state index in [0.29, 0.717) is 36.6 Å². The van der Waals surface area contributed by atoms with E-state index in [2.05, 4.69) is 4.98 Å². The van der Waals surface area contributed by atoms with Crippen LogP contribution in [0.25, 0.3) is 0 Å².